The van der Waals surface area contributed by atoms with E-state index >= 15 is 0 Å². The third-order valence-corrected chi connectivity index (χ3v) is 11.4. The summed E-state index contributed by atoms with van der Waals surface area (Å²) in [4.78, 5) is 29.5. The van der Waals surface area contributed by atoms with Gasteiger partial charge in [-0.3, -0.25) is 0 Å². The van der Waals surface area contributed by atoms with Crippen LogP contribution in [0.4, 0.5) is 15.9 Å². The maximum absolute atomic E-state index is 13.5. The number of anilines is 3. The van der Waals surface area contributed by atoms with Crippen LogP contribution in [0.5, 0.6) is 0 Å². The minimum absolute atomic E-state index is 0.0704. The number of nitrogens with zero attached hydrogens (tertiary/aromatic N) is 1. The van der Waals surface area contributed by atoms with E-state index in [4.69, 9.17) is 0 Å². The standard InChI is InChI=1S/C36H27NO2Se/c1-35(2)26-12-7-8-15-30(26)37-31-27(35)13-9-14-28(31)36(3,4)29-19-22(40-34(29)37)18-25-32(38)23-16-20-10-5-6-11-21(20)17-24(23)33(25)39/h5-19H,1-4H3. The van der Waals surface area contributed by atoms with Gasteiger partial charge in [-0.05, 0) is 0 Å². The molecule has 2 aliphatic heterocycles. The summed E-state index contributed by atoms with van der Waals surface area (Å²) in [5, 5.41) is 1.96. The van der Waals surface area contributed by atoms with Gasteiger partial charge in [0.15, 0.2) is 0 Å². The second kappa shape index (κ2) is 7.81. The van der Waals surface area contributed by atoms with Gasteiger partial charge in [0.25, 0.3) is 0 Å². The maximum atomic E-state index is 13.5. The van der Waals surface area contributed by atoms with Gasteiger partial charge in [-0.25, -0.2) is 0 Å². The normalized spacial score (nSPS) is 17.4. The topological polar surface area (TPSA) is 37.4 Å². The Labute approximate surface area is 239 Å². The Morgan fingerprint density at radius 1 is 0.650 bits per heavy atom. The molecule has 3 aliphatic rings. The molecule has 1 aliphatic carbocycles. The number of carbonyl (C=O) groups is 2. The van der Waals surface area contributed by atoms with Crippen LogP contribution in [0.15, 0.2) is 90.5 Å². The molecule has 0 unspecified atom stereocenters. The van der Waals surface area contributed by atoms with Crippen LogP contribution in [0.3, 0.4) is 0 Å². The average molecular weight is 585 g/mol. The number of carbonyl (C=O) groups excluding carboxylic acids is 2. The van der Waals surface area contributed by atoms with Crippen LogP contribution in [0.25, 0.3) is 16.8 Å². The van der Waals surface area contributed by atoms with Crippen molar-refractivity contribution >= 4 is 58.9 Å². The van der Waals surface area contributed by atoms with E-state index in [-0.39, 0.29) is 42.5 Å². The predicted octanol–water partition coefficient (Wildman–Crippen LogP) is 8.11. The molecule has 4 aromatic carbocycles. The summed E-state index contributed by atoms with van der Waals surface area (Å²) >= 11 is -0.0704. The summed E-state index contributed by atoms with van der Waals surface area (Å²) in [7, 11) is 0. The Morgan fingerprint density at radius 2 is 1.20 bits per heavy atom. The van der Waals surface area contributed by atoms with Gasteiger partial charge in [0.2, 0.25) is 0 Å². The summed E-state index contributed by atoms with van der Waals surface area (Å²) in [6, 6.07) is 29.4. The molecule has 8 rings (SSSR count). The molecule has 0 N–H and O–H groups in total. The molecular weight excluding hydrogens is 557 g/mol. The molecule has 40 heavy (non-hydrogen) atoms. The molecule has 0 atom stereocenters. The molecule has 3 nitrogen and oxygen atoms in total. The molecule has 0 amide bonds. The van der Waals surface area contributed by atoms with Gasteiger partial charge in [-0.2, -0.15) is 0 Å². The molecule has 4 heteroatoms. The van der Waals surface area contributed by atoms with Crippen LogP contribution in [0, 0.1) is 0 Å². The van der Waals surface area contributed by atoms with Gasteiger partial charge in [-0.15, -0.1) is 0 Å². The number of Topliss-reactive ketones (excluding diaryl/α,β-unsaturated/α-hetero) is 2. The second-order valence-corrected chi connectivity index (χ2v) is 14.4. The molecule has 194 valence electrons. The van der Waals surface area contributed by atoms with Crippen molar-refractivity contribution in [3.63, 3.8) is 0 Å². The summed E-state index contributed by atoms with van der Waals surface area (Å²) in [6.07, 6.45) is 1.88. The van der Waals surface area contributed by atoms with Crippen molar-refractivity contribution in [1.82, 2.24) is 0 Å². The number of allylic oxidation sites excluding steroid dienone is 1. The molecule has 0 saturated heterocycles. The van der Waals surface area contributed by atoms with Gasteiger partial charge in [0.1, 0.15) is 0 Å². The SMILES string of the molecule is CC1(C)c2ccccc2N2c3[se]c(C=C4C(=O)c5cc6ccccc6cc5C4=O)cc3C(C)(C)c3cccc1c32. The van der Waals surface area contributed by atoms with Gasteiger partial charge < -0.3 is 0 Å². The van der Waals surface area contributed by atoms with E-state index < -0.39 is 0 Å². The van der Waals surface area contributed by atoms with Gasteiger partial charge >= 0.3 is 240 Å². The van der Waals surface area contributed by atoms with E-state index in [1.54, 1.807) is 0 Å². The van der Waals surface area contributed by atoms with Crippen LogP contribution in [0.2, 0.25) is 0 Å². The fourth-order valence-corrected chi connectivity index (χ4v) is 9.67. The fourth-order valence-electron chi connectivity index (χ4n) is 6.98. The molecule has 0 saturated carbocycles. The number of para-hydroxylation sites is 2. The molecule has 0 bridgehead atoms. The molecule has 3 heterocycles. The Balaban J connectivity index is 1.32. The number of fused-ring (bicyclic) bond motifs is 6. The molecule has 0 spiro atoms. The van der Waals surface area contributed by atoms with Crippen molar-refractivity contribution in [2.45, 2.75) is 38.5 Å². The fraction of sp³-hybridized carbons (Fsp3) is 0.167. The first-order chi connectivity index (χ1) is 19.2. The third-order valence-electron chi connectivity index (χ3n) is 9.18. The van der Waals surface area contributed by atoms with Crippen molar-refractivity contribution in [2.24, 2.45) is 0 Å². The average Bonchev–Trinajstić information content (AvgIpc) is 3.47. The Hall–Kier alpha value is -3.98. The first-order valence-corrected chi connectivity index (χ1v) is 15.4. The number of rotatable bonds is 1. The van der Waals surface area contributed by atoms with Crippen LogP contribution in [-0.4, -0.2) is 26.1 Å². The van der Waals surface area contributed by atoms with E-state index in [0.717, 1.165) is 15.2 Å². The zero-order chi connectivity index (χ0) is 27.6. The van der Waals surface area contributed by atoms with Crippen molar-refractivity contribution in [3.05, 3.63) is 128 Å². The van der Waals surface area contributed by atoms with Crippen molar-refractivity contribution in [2.75, 3.05) is 4.90 Å². The van der Waals surface area contributed by atoms with E-state index in [9.17, 15) is 9.59 Å². The van der Waals surface area contributed by atoms with E-state index in [1.165, 1.54) is 38.2 Å². The molecule has 0 fully saturated rings. The van der Waals surface area contributed by atoms with Crippen molar-refractivity contribution < 1.29 is 9.59 Å². The number of benzene rings is 4. The van der Waals surface area contributed by atoms with Crippen LogP contribution in [0.1, 0.15) is 75.1 Å². The van der Waals surface area contributed by atoms with E-state index in [0.29, 0.717) is 11.1 Å². The zero-order valence-electron chi connectivity index (χ0n) is 22.8. The summed E-state index contributed by atoms with van der Waals surface area (Å²) in [5.74, 6) is -0.329. The summed E-state index contributed by atoms with van der Waals surface area (Å²) in [6.45, 7) is 9.25. The zero-order valence-corrected chi connectivity index (χ0v) is 24.5. The monoisotopic (exact) mass is 585 g/mol. The quantitative estimate of drug-likeness (QED) is 0.114. The van der Waals surface area contributed by atoms with Crippen LogP contribution >= 0.6 is 0 Å². The second-order valence-electron chi connectivity index (χ2n) is 12.1. The molecule has 5 aromatic rings. The number of ketones is 2. The summed E-state index contributed by atoms with van der Waals surface area (Å²) in [5.41, 5.74) is 8.78. The van der Waals surface area contributed by atoms with Gasteiger partial charge in [-0.1, -0.05) is 0 Å². The Bertz CT molecular complexity index is 1950. The number of hydrogen-bond donors (Lipinski definition) is 0. The molecular formula is C36H27NO2Se. The van der Waals surface area contributed by atoms with Crippen molar-refractivity contribution in [1.29, 1.82) is 0 Å². The first kappa shape index (κ1) is 23.9. The minimum atomic E-state index is -0.202. The van der Waals surface area contributed by atoms with Gasteiger partial charge in [0.05, 0.1) is 0 Å². The predicted molar refractivity (Wildman–Crippen MR) is 163 cm³/mol. The van der Waals surface area contributed by atoms with Crippen LogP contribution in [-0.2, 0) is 10.8 Å². The summed E-state index contributed by atoms with van der Waals surface area (Å²) < 4.78 is 2.37. The third kappa shape index (κ3) is 2.96. The van der Waals surface area contributed by atoms with Gasteiger partial charge in [0, 0.05) is 0 Å². The Morgan fingerprint density at radius 3 is 1.85 bits per heavy atom. The molecule has 0 radical (unpaired) electrons. The number of hydrogen-bond acceptors (Lipinski definition) is 3. The van der Waals surface area contributed by atoms with Crippen LogP contribution < -0.4 is 4.90 Å². The van der Waals surface area contributed by atoms with E-state index in [2.05, 4.69) is 81.1 Å². The van der Waals surface area contributed by atoms with E-state index in [1.807, 2.05) is 42.5 Å². The Kier molecular flexibility index (Phi) is 4.66. The molecule has 1 aromatic heterocycles. The first-order valence-electron chi connectivity index (χ1n) is 13.7. The van der Waals surface area contributed by atoms with Crippen molar-refractivity contribution in [3.8, 4) is 0 Å².